The maximum atomic E-state index is 11.7. The van der Waals surface area contributed by atoms with E-state index in [2.05, 4.69) is 4.18 Å². The van der Waals surface area contributed by atoms with E-state index in [1.165, 1.54) is 12.1 Å². The first-order valence-corrected chi connectivity index (χ1v) is 6.07. The molecule has 19 heavy (non-hydrogen) atoms. The molecule has 2 aromatic carbocycles. The molecular weight excluding hydrogens is 307 g/mol. The molecule has 0 saturated carbocycles. The van der Waals surface area contributed by atoms with Gasteiger partial charge in [-0.3, -0.25) is 0 Å². The van der Waals surface area contributed by atoms with Crippen LogP contribution in [0.2, 0.25) is 0 Å². The van der Waals surface area contributed by atoms with Crippen LogP contribution in [0.5, 0.6) is 0 Å². The molecule has 0 heterocycles. The molecule has 0 radical (unpaired) electrons. The Kier molecular flexibility index (Phi) is 7.90. The number of benzene rings is 2. The molecule has 0 amide bonds. The molecule has 0 aliphatic heterocycles. The zero-order valence-corrected chi connectivity index (χ0v) is 15.3. The molecule has 2 rings (SSSR count). The average molecular weight is 318 g/mol. The molecule has 0 aliphatic carbocycles. The summed E-state index contributed by atoms with van der Waals surface area (Å²) in [5.41, 5.74) is 0. The van der Waals surface area contributed by atoms with E-state index in [0.29, 0.717) is 10.8 Å². The summed E-state index contributed by atoms with van der Waals surface area (Å²) < 4.78 is 27.2. The number of fused-ring (bicyclic) bond motifs is 1. The fraction of sp³-hybridized carbons (Fsp3) is 0. The largest absolute Gasteiger partial charge is 2.00 e. The third-order valence-corrected chi connectivity index (χ3v) is 3.46. The minimum Gasteiger partial charge on any atom is -1.00 e. The van der Waals surface area contributed by atoms with E-state index in [0.717, 1.165) is 0 Å². The topological polar surface area (TPSA) is 80.7 Å². The summed E-state index contributed by atoms with van der Waals surface area (Å²) in [6, 6.07) is 11.3. The van der Waals surface area contributed by atoms with Crippen LogP contribution < -0.4 is 29.6 Å². The van der Waals surface area contributed by atoms with Gasteiger partial charge in [0.15, 0.2) is 0 Å². The normalized spacial score (nSPS) is 10.1. The summed E-state index contributed by atoms with van der Waals surface area (Å²) in [6.45, 7) is 0. The molecule has 0 spiro atoms. The molecular formula is C11H11CaNaO5S. The van der Waals surface area contributed by atoms with Crippen molar-refractivity contribution in [2.75, 3.05) is 0 Å². The molecule has 0 fully saturated rings. The quantitative estimate of drug-likeness (QED) is 0.578. The Morgan fingerprint density at radius 2 is 1.68 bits per heavy atom. The van der Waals surface area contributed by atoms with Gasteiger partial charge >= 0.3 is 83.6 Å². The minimum absolute atomic E-state index is 0. The third-order valence-electron chi connectivity index (χ3n) is 2.20. The van der Waals surface area contributed by atoms with Gasteiger partial charge in [0.25, 0.3) is 0 Å². The van der Waals surface area contributed by atoms with Gasteiger partial charge in [-0.2, -0.15) is 8.42 Å². The predicted octanol–water partition coefficient (Wildman–Crippen LogP) is -0.816. The zero-order chi connectivity index (χ0) is 12.5. The zero-order valence-electron chi connectivity index (χ0n) is 13.2. The monoisotopic (exact) mass is 318 g/mol. The summed E-state index contributed by atoms with van der Waals surface area (Å²) >= 11 is 0. The Labute approximate surface area is 166 Å². The second kappa shape index (κ2) is 7.83. The van der Waals surface area contributed by atoms with Gasteiger partial charge in [0, 0.05) is 5.39 Å². The van der Waals surface area contributed by atoms with Crippen LogP contribution in [0.15, 0.2) is 47.4 Å². The first-order valence-electron chi connectivity index (χ1n) is 4.66. The van der Waals surface area contributed by atoms with Crippen LogP contribution in [0.1, 0.15) is 4.28 Å². The average Bonchev–Trinajstić information content (AvgIpc) is 2.26. The van der Waals surface area contributed by atoms with Crippen molar-refractivity contribution in [3.63, 3.8) is 0 Å². The third kappa shape index (κ3) is 4.60. The standard InChI is InChI=1S/C11H8O5S.Ca.Na.3H/c12-11(13)16-17(14,15)10-7-3-5-8-4-1-2-6-9(8)10;;;;;/h1-7H,(H,12,13);;;;;/q;+2;+1;3*-1. The predicted molar refractivity (Wildman–Crippen MR) is 69.3 cm³/mol. The Bertz CT molecular complexity index is 694. The molecule has 1 N–H and O–H groups in total. The summed E-state index contributed by atoms with van der Waals surface area (Å²) in [5, 5.41) is 9.51. The van der Waals surface area contributed by atoms with Gasteiger partial charge in [0.2, 0.25) is 0 Å². The maximum absolute atomic E-state index is 11.7. The maximum Gasteiger partial charge on any atom is 2.00 e. The van der Waals surface area contributed by atoms with Crippen molar-refractivity contribution in [1.82, 2.24) is 0 Å². The molecule has 0 aromatic heterocycles. The number of hydrogen-bond donors (Lipinski definition) is 1. The van der Waals surface area contributed by atoms with Crippen LogP contribution in [0.3, 0.4) is 0 Å². The van der Waals surface area contributed by atoms with E-state index in [4.69, 9.17) is 5.11 Å². The summed E-state index contributed by atoms with van der Waals surface area (Å²) in [6.07, 6.45) is -1.85. The second-order valence-corrected chi connectivity index (χ2v) is 4.80. The summed E-state index contributed by atoms with van der Waals surface area (Å²) in [4.78, 5) is 10.2. The Balaban J connectivity index is -0.000000324. The van der Waals surface area contributed by atoms with E-state index in [9.17, 15) is 13.2 Å². The summed E-state index contributed by atoms with van der Waals surface area (Å²) in [5.74, 6) is 0. The van der Waals surface area contributed by atoms with E-state index in [1.54, 1.807) is 30.3 Å². The van der Waals surface area contributed by atoms with E-state index < -0.39 is 16.3 Å². The van der Waals surface area contributed by atoms with Gasteiger partial charge in [0.05, 0.1) is 0 Å². The smallest absolute Gasteiger partial charge is 1.00 e. The van der Waals surface area contributed by atoms with E-state index >= 15 is 0 Å². The van der Waals surface area contributed by atoms with Crippen LogP contribution in [-0.2, 0) is 14.3 Å². The van der Waals surface area contributed by atoms with Crippen molar-refractivity contribution in [2.45, 2.75) is 4.90 Å². The Hall–Kier alpha value is 0.180. The van der Waals surface area contributed by atoms with Crippen LogP contribution in [-0.4, -0.2) is 57.4 Å². The van der Waals surface area contributed by atoms with Crippen LogP contribution in [0.4, 0.5) is 4.79 Å². The van der Waals surface area contributed by atoms with E-state index in [-0.39, 0.29) is 76.5 Å². The first-order chi connectivity index (χ1) is 8.00. The van der Waals surface area contributed by atoms with Crippen molar-refractivity contribution < 1.29 is 56.3 Å². The van der Waals surface area contributed by atoms with E-state index in [1.807, 2.05) is 0 Å². The van der Waals surface area contributed by atoms with Crippen molar-refractivity contribution in [2.24, 2.45) is 0 Å². The minimum atomic E-state index is -4.29. The Morgan fingerprint density at radius 3 is 2.32 bits per heavy atom. The number of carbonyl (C=O) groups is 1. The molecule has 0 saturated heterocycles. The van der Waals surface area contributed by atoms with Gasteiger partial charge < -0.3 is 13.6 Å². The molecule has 0 unspecified atom stereocenters. The molecule has 2 aromatic rings. The molecule has 94 valence electrons. The van der Waals surface area contributed by atoms with Gasteiger partial charge in [-0.05, 0) is 11.5 Å². The molecule has 8 heteroatoms. The fourth-order valence-corrected chi connectivity index (χ4v) is 2.53. The van der Waals surface area contributed by atoms with Crippen LogP contribution in [0, 0.1) is 0 Å². The number of carboxylic acid groups (broad SMARTS) is 1. The van der Waals surface area contributed by atoms with Crippen molar-refractivity contribution >= 4 is 64.8 Å². The van der Waals surface area contributed by atoms with Crippen molar-refractivity contribution in [3.05, 3.63) is 42.5 Å². The van der Waals surface area contributed by atoms with Crippen LogP contribution in [0.25, 0.3) is 10.8 Å². The molecule has 0 aliphatic rings. The Morgan fingerprint density at radius 1 is 1.11 bits per heavy atom. The van der Waals surface area contributed by atoms with Crippen molar-refractivity contribution in [3.8, 4) is 0 Å². The van der Waals surface area contributed by atoms with Crippen LogP contribution >= 0.6 is 0 Å². The van der Waals surface area contributed by atoms with Crippen molar-refractivity contribution in [1.29, 1.82) is 0 Å². The fourth-order valence-electron chi connectivity index (χ4n) is 1.55. The van der Waals surface area contributed by atoms with Gasteiger partial charge in [-0.25, -0.2) is 4.79 Å². The van der Waals surface area contributed by atoms with Gasteiger partial charge in [-0.15, -0.1) is 0 Å². The molecule has 0 atom stereocenters. The summed E-state index contributed by atoms with van der Waals surface area (Å²) in [7, 11) is -4.29. The van der Waals surface area contributed by atoms with Gasteiger partial charge in [-0.1, -0.05) is 36.4 Å². The second-order valence-electron chi connectivity index (χ2n) is 3.28. The molecule has 5 nitrogen and oxygen atoms in total. The van der Waals surface area contributed by atoms with Gasteiger partial charge in [0.1, 0.15) is 4.90 Å². The SMILES string of the molecule is O=C(O)OS(=O)(=O)c1cccc2ccccc12.[Ca+2].[H-].[H-].[H-].[Na+]. The first kappa shape index (κ1) is 19.2. The number of rotatable bonds is 2. The molecule has 0 bridgehead atoms. The number of hydrogen-bond acceptors (Lipinski definition) is 4.